The van der Waals surface area contributed by atoms with Crippen molar-refractivity contribution in [2.45, 2.75) is 24.8 Å². The zero-order valence-corrected chi connectivity index (χ0v) is 18.6. The van der Waals surface area contributed by atoms with Crippen molar-refractivity contribution in [3.05, 3.63) is 42.0 Å². The van der Waals surface area contributed by atoms with Crippen LogP contribution in [-0.2, 0) is 0 Å². The lowest BCUT2D eigenvalue weighted by molar-refractivity contribution is 0.102. The second-order valence-electron chi connectivity index (χ2n) is 7.81. The molecule has 1 fully saturated rings. The van der Waals surface area contributed by atoms with Gasteiger partial charge in [-0.15, -0.1) is 11.8 Å². The number of benzene rings is 2. The summed E-state index contributed by atoms with van der Waals surface area (Å²) in [6, 6.07) is 12.2. The molecule has 0 saturated carbocycles. The number of nitrogens with zero attached hydrogens (tertiary/aromatic N) is 2. The predicted octanol–water partition coefficient (Wildman–Crippen LogP) is 3.96. The van der Waals surface area contributed by atoms with Gasteiger partial charge < -0.3 is 19.7 Å². The molecule has 2 heterocycles. The summed E-state index contributed by atoms with van der Waals surface area (Å²) < 4.78 is 11.3. The van der Waals surface area contributed by atoms with Crippen molar-refractivity contribution in [3.63, 3.8) is 0 Å². The number of fused-ring (bicyclic) bond motifs is 1. The van der Waals surface area contributed by atoms with Crippen molar-refractivity contribution in [3.8, 4) is 11.5 Å². The second-order valence-corrected chi connectivity index (χ2v) is 8.66. The minimum absolute atomic E-state index is 0.127. The molecule has 0 unspecified atom stereocenters. The van der Waals surface area contributed by atoms with Crippen LogP contribution in [0.2, 0.25) is 0 Å². The quantitative estimate of drug-likeness (QED) is 0.729. The number of rotatable bonds is 5. The average molecular weight is 428 g/mol. The van der Waals surface area contributed by atoms with Gasteiger partial charge in [-0.3, -0.25) is 9.69 Å². The summed E-state index contributed by atoms with van der Waals surface area (Å²) in [7, 11) is 0. The Morgan fingerprint density at radius 2 is 1.63 bits per heavy atom. The van der Waals surface area contributed by atoms with Gasteiger partial charge >= 0.3 is 0 Å². The van der Waals surface area contributed by atoms with E-state index in [1.807, 2.05) is 42.7 Å². The van der Waals surface area contributed by atoms with Crippen molar-refractivity contribution in [2.24, 2.45) is 0 Å². The van der Waals surface area contributed by atoms with Gasteiger partial charge in [-0.25, -0.2) is 0 Å². The number of ether oxygens (including phenoxy) is 2. The number of nitrogens with one attached hydrogen (secondary N) is 1. The van der Waals surface area contributed by atoms with E-state index in [1.165, 1.54) is 5.69 Å². The van der Waals surface area contributed by atoms with E-state index in [0.717, 1.165) is 42.5 Å². The van der Waals surface area contributed by atoms with Crippen molar-refractivity contribution < 1.29 is 14.3 Å². The number of amides is 1. The monoisotopic (exact) mass is 427 g/mol. The highest BCUT2D eigenvalue weighted by atomic mass is 32.2. The summed E-state index contributed by atoms with van der Waals surface area (Å²) >= 11 is 1.57. The smallest absolute Gasteiger partial charge is 0.255 e. The lowest BCUT2D eigenvalue weighted by Gasteiger charge is -2.38. The van der Waals surface area contributed by atoms with Gasteiger partial charge in [0.2, 0.25) is 0 Å². The van der Waals surface area contributed by atoms with Crippen molar-refractivity contribution in [1.29, 1.82) is 0 Å². The second kappa shape index (κ2) is 9.18. The molecule has 2 aliphatic heterocycles. The van der Waals surface area contributed by atoms with E-state index >= 15 is 0 Å². The molecule has 2 aliphatic rings. The van der Waals surface area contributed by atoms with Crippen LogP contribution in [-0.4, -0.2) is 62.5 Å². The number of thioether (sulfide) groups is 1. The van der Waals surface area contributed by atoms with E-state index in [4.69, 9.17) is 9.47 Å². The number of carbonyl (C=O) groups excluding carboxylic acids is 1. The van der Waals surface area contributed by atoms with Crippen LogP contribution in [0.3, 0.4) is 0 Å². The summed E-state index contributed by atoms with van der Waals surface area (Å²) in [5, 5.41) is 3.03. The first kappa shape index (κ1) is 20.9. The molecule has 0 bridgehead atoms. The van der Waals surface area contributed by atoms with Gasteiger partial charge in [-0.2, -0.15) is 0 Å². The first-order chi connectivity index (χ1) is 14.5. The zero-order valence-electron chi connectivity index (χ0n) is 17.8. The Morgan fingerprint density at radius 3 is 2.23 bits per heavy atom. The Hall–Kier alpha value is -2.38. The number of hydrogen-bond donors (Lipinski definition) is 1. The van der Waals surface area contributed by atoms with Crippen molar-refractivity contribution >= 4 is 29.0 Å². The average Bonchev–Trinajstić information content (AvgIpc) is 2.78. The molecule has 0 aromatic heterocycles. The fraction of sp³-hybridized carbons (Fsp3) is 0.435. The van der Waals surface area contributed by atoms with Crippen LogP contribution in [0.5, 0.6) is 11.5 Å². The molecule has 7 heteroatoms. The molecule has 2 aromatic carbocycles. The summed E-state index contributed by atoms with van der Waals surface area (Å²) in [5.74, 6) is 1.27. The largest absolute Gasteiger partial charge is 0.486 e. The number of hydrogen-bond acceptors (Lipinski definition) is 6. The molecular weight excluding hydrogens is 398 g/mol. The Morgan fingerprint density at radius 1 is 1.00 bits per heavy atom. The highest BCUT2D eigenvalue weighted by molar-refractivity contribution is 7.98. The first-order valence-corrected chi connectivity index (χ1v) is 11.7. The van der Waals surface area contributed by atoms with Crippen LogP contribution in [0.15, 0.2) is 41.3 Å². The minimum atomic E-state index is -0.127. The van der Waals surface area contributed by atoms with Crippen LogP contribution in [0.4, 0.5) is 11.4 Å². The van der Waals surface area contributed by atoms with Crippen molar-refractivity contribution in [1.82, 2.24) is 4.90 Å². The molecule has 0 aliphatic carbocycles. The van der Waals surface area contributed by atoms with Crippen LogP contribution >= 0.6 is 11.8 Å². The maximum atomic E-state index is 12.8. The molecule has 0 spiro atoms. The maximum absolute atomic E-state index is 12.8. The van der Waals surface area contributed by atoms with Gasteiger partial charge in [0.25, 0.3) is 5.91 Å². The molecule has 1 N–H and O–H groups in total. The molecule has 2 aromatic rings. The number of piperazine rings is 1. The van der Waals surface area contributed by atoms with Gasteiger partial charge in [0, 0.05) is 54.4 Å². The third kappa shape index (κ3) is 4.52. The molecule has 30 heavy (non-hydrogen) atoms. The Labute approximate surface area is 182 Å². The fourth-order valence-electron chi connectivity index (χ4n) is 3.85. The molecule has 1 saturated heterocycles. The number of carbonyl (C=O) groups is 1. The SMILES string of the molecule is CSc1cc2c(cc1NC(=O)c1ccc(N3CCN(C(C)C)CC3)cc1)OCCO2. The molecule has 1 amide bonds. The van der Waals surface area contributed by atoms with Crippen LogP contribution < -0.4 is 19.7 Å². The topological polar surface area (TPSA) is 54.0 Å². The normalized spacial score (nSPS) is 16.6. The van der Waals surface area contributed by atoms with E-state index in [-0.39, 0.29) is 5.91 Å². The third-order valence-electron chi connectivity index (χ3n) is 5.65. The van der Waals surface area contributed by atoms with Gasteiger partial charge in [-0.05, 0) is 50.4 Å². The van der Waals surface area contributed by atoms with Gasteiger partial charge in [0.15, 0.2) is 11.5 Å². The van der Waals surface area contributed by atoms with Gasteiger partial charge in [-0.1, -0.05) is 0 Å². The highest BCUT2D eigenvalue weighted by Gasteiger charge is 2.20. The van der Waals surface area contributed by atoms with E-state index in [9.17, 15) is 4.79 Å². The van der Waals surface area contributed by atoms with E-state index < -0.39 is 0 Å². The van der Waals surface area contributed by atoms with Crippen molar-refractivity contribution in [2.75, 3.05) is 55.9 Å². The Kier molecular flexibility index (Phi) is 6.39. The van der Waals surface area contributed by atoms with E-state index in [2.05, 4.69) is 29.0 Å². The molecule has 0 radical (unpaired) electrons. The lowest BCUT2D eigenvalue weighted by atomic mass is 10.1. The highest BCUT2D eigenvalue weighted by Crippen LogP contribution is 2.39. The molecule has 6 nitrogen and oxygen atoms in total. The van der Waals surface area contributed by atoms with Crippen LogP contribution in [0.1, 0.15) is 24.2 Å². The zero-order chi connectivity index (χ0) is 21.1. The first-order valence-electron chi connectivity index (χ1n) is 10.4. The molecular formula is C23H29N3O3S. The van der Waals surface area contributed by atoms with E-state index in [0.29, 0.717) is 30.6 Å². The Balaban J connectivity index is 1.43. The number of anilines is 2. The fourth-order valence-corrected chi connectivity index (χ4v) is 4.41. The van der Waals surface area contributed by atoms with Gasteiger partial charge in [0.05, 0.1) is 5.69 Å². The predicted molar refractivity (Wildman–Crippen MR) is 123 cm³/mol. The standard InChI is InChI=1S/C23H29N3O3S/c1-16(2)25-8-10-26(11-9-25)18-6-4-17(5-7-18)23(27)24-19-14-20-21(15-22(19)30-3)29-13-12-28-20/h4-7,14-16H,8-13H2,1-3H3,(H,24,27). The third-order valence-corrected chi connectivity index (χ3v) is 6.43. The van der Waals surface area contributed by atoms with Crippen LogP contribution in [0.25, 0.3) is 0 Å². The van der Waals surface area contributed by atoms with Crippen LogP contribution in [0, 0.1) is 0 Å². The summed E-state index contributed by atoms with van der Waals surface area (Å²) in [6.45, 7) is 9.72. The lowest BCUT2D eigenvalue weighted by Crippen LogP contribution is -2.48. The van der Waals surface area contributed by atoms with Gasteiger partial charge in [0.1, 0.15) is 13.2 Å². The Bertz CT molecular complexity index is 893. The molecule has 4 rings (SSSR count). The molecule has 0 atom stereocenters. The summed E-state index contributed by atoms with van der Waals surface area (Å²) in [5.41, 5.74) is 2.55. The summed E-state index contributed by atoms with van der Waals surface area (Å²) in [6.07, 6.45) is 1.98. The maximum Gasteiger partial charge on any atom is 0.255 e. The minimum Gasteiger partial charge on any atom is -0.486 e. The van der Waals surface area contributed by atoms with E-state index in [1.54, 1.807) is 11.8 Å². The summed E-state index contributed by atoms with van der Waals surface area (Å²) in [4.78, 5) is 18.7. The molecule has 160 valence electrons.